The molecule has 0 bridgehead atoms. The molecule has 1 aliphatic heterocycles. The maximum Gasteiger partial charge on any atom is 0.0533 e. The van der Waals surface area contributed by atoms with E-state index in [1.165, 1.54) is 11.3 Å². The van der Waals surface area contributed by atoms with Gasteiger partial charge in [0.1, 0.15) is 0 Å². The van der Waals surface area contributed by atoms with Crippen molar-refractivity contribution in [1.82, 2.24) is 15.8 Å². The standard InChI is InChI=1S/C9H10N2.C5H5N/c1-2-4-8(5-3-1)9-6-7-10-11-9;1-2-4-6-5-3-1/h1-6,10-11H,7H2;1-5H. The monoisotopic (exact) mass is 225 g/mol. The largest absolute Gasteiger partial charge is 0.321 e. The molecule has 1 aromatic carbocycles. The Morgan fingerprint density at radius 2 is 1.59 bits per heavy atom. The number of rotatable bonds is 1. The molecule has 0 radical (unpaired) electrons. The quantitative estimate of drug-likeness (QED) is 0.781. The summed E-state index contributed by atoms with van der Waals surface area (Å²) in [5.41, 5.74) is 8.52. The molecule has 0 saturated heterocycles. The number of hydrogen-bond donors (Lipinski definition) is 2. The summed E-state index contributed by atoms with van der Waals surface area (Å²) < 4.78 is 0. The minimum atomic E-state index is 0.907. The van der Waals surface area contributed by atoms with E-state index in [0.717, 1.165) is 6.54 Å². The van der Waals surface area contributed by atoms with Crippen molar-refractivity contribution in [2.75, 3.05) is 6.54 Å². The molecule has 0 amide bonds. The molecule has 86 valence electrons. The highest BCUT2D eigenvalue weighted by atomic mass is 15.4. The van der Waals surface area contributed by atoms with Gasteiger partial charge in [-0.05, 0) is 23.8 Å². The topological polar surface area (TPSA) is 37.0 Å². The van der Waals surface area contributed by atoms with Gasteiger partial charge in [0.15, 0.2) is 0 Å². The third-order valence-corrected chi connectivity index (χ3v) is 2.28. The Bertz CT molecular complexity index is 425. The molecule has 0 spiro atoms. The van der Waals surface area contributed by atoms with E-state index in [2.05, 4.69) is 34.0 Å². The summed E-state index contributed by atoms with van der Waals surface area (Å²) in [6, 6.07) is 16.0. The molecule has 0 unspecified atom stereocenters. The Hall–Kier alpha value is -2.13. The second kappa shape index (κ2) is 6.45. The van der Waals surface area contributed by atoms with Gasteiger partial charge in [-0.2, -0.15) is 0 Å². The van der Waals surface area contributed by atoms with Crippen LogP contribution in [0, 0.1) is 0 Å². The fourth-order valence-corrected chi connectivity index (χ4v) is 1.47. The first kappa shape index (κ1) is 11.4. The molecule has 3 heteroatoms. The first-order valence-electron chi connectivity index (χ1n) is 5.56. The number of benzene rings is 1. The number of nitrogens with one attached hydrogen (secondary N) is 2. The van der Waals surface area contributed by atoms with E-state index in [4.69, 9.17) is 0 Å². The maximum absolute atomic E-state index is 3.78. The van der Waals surface area contributed by atoms with Crippen LogP contribution in [-0.2, 0) is 0 Å². The number of hydrogen-bond acceptors (Lipinski definition) is 3. The van der Waals surface area contributed by atoms with Gasteiger partial charge in [-0.3, -0.25) is 4.98 Å². The summed E-state index contributed by atoms with van der Waals surface area (Å²) in [5.74, 6) is 0. The second-order valence-electron chi connectivity index (χ2n) is 3.51. The average molecular weight is 225 g/mol. The van der Waals surface area contributed by atoms with Crippen LogP contribution in [0.1, 0.15) is 5.56 Å². The summed E-state index contributed by atoms with van der Waals surface area (Å²) in [7, 11) is 0. The second-order valence-corrected chi connectivity index (χ2v) is 3.51. The molecule has 2 heterocycles. The fourth-order valence-electron chi connectivity index (χ4n) is 1.47. The Morgan fingerprint density at radius 1 is 0.882 bits per heavy atom. The lowest BCUT2D eigenvalue weighted by atomic mass is 10.2. The Kier molecular flexibility index (Phi) is 4.31. The van der Waals surface area contributed by atoms with E-state index in [1.54, 1.807) is 12.4 Å². The lowest BCUT2D eigenvalue weighted by molar-refractivity contribution is 0.738. The third-order valence-electron chi connectivity index (χ3n) is 2.28. The lowest BCUT2D eigenvalue weighted by Gasteiger charge is -2.02. The van der Waals surface area contributed by atoms with Gasteiger partial charge in [-0.25, -0.2) is 5.43 Å². The van der Waals surface area contributed by atoms with Crippen molar-refractivity contribution in [3.8, 4) is 0 Å². The van der Waals surface area contributed by atoms with E-state index in [1.807, 2.05) is 36.4 Å². The Labute approximate surface area is 101 Å². The van der Waals surface area contributed by atoms with Crippen LogP contribution in [0.15, 0.2) is 67.0 Å². The zero-order valence-corrected chi connectivity index (χ0v) is 9.51. The van der Waals surface area contributed by atoms with Gasteiger partial charge in [0.05, 0.1) is 5.70 Å². The maximum atomic E-state index is 3.78. The predicted octanol–water partition coefficient (Wildman–Crippen LogP) is 2.22. The average Bonchev–Trinajstić information content (AvgIpc) is 2.96. The van der Waals surface area contributed by atoms with Crippen LogP contribution >= 0.6 is 0 Å². The van der Waals surface area contributed by atoms with Crippen LogP contribution in [0.25, 0.3) is 5.70 Å². The van der Waals surface area contributed by atoms with E-state index >= 15 is 0 Å². The fraction of sp³-hybridized carbons (Fsp3) is 0.0714. The van der Waals surface area contributed by atoms with E-state index in [9.17, 15) is 0 Å². The molecule has 1 aromatic heterocycles. The van der Waals surface area contributed by atoms with Gasteiger partial charge >= 0.3 is 0 Å². The molecule has 0 atom stereocenters. The van der Waals surface area contributed by atoms with Crippen LogP contribution in [0.3, 0.4) is 0 Å². The van der Waals surface area contributed by atoms with Crippen molar-refractivity contribution in [3.63, 3.8) is 0 Å². The summed E-state index contributed by atoms with van der Waals surface area (Å²) in [6.45, 7) is 0.907. The lowest BCUT2D eigenvalue weighted by Crippen LogP contribution is -2.22. The van der Waals surface area contributed by atoms with E-state index in [-0.39, 0.29) is 0 Å². The van der Waals surface area contributed by atoms with Crippen LogP contribution in [-0.4, -0.2) is 11.5 Å². The van der Waals surface area contributed by atoms with Gasteiger partial charge in [0.2, 0.25) is 0 Å². The van der Waals surface area contributed by atoms with Crippen molar-refractivity contribution in [2.45, 2.75) is 0 Å². The van der Waals surface area contributed by atoms with Crippen molar-refractivity contribution < 1.29 is 0 Å². The van der Waals surface area contributed by atoms with Gasteiger partial charge in [0.25, 0.3) is 0 Å². The van der Waals surface area contributed by atoms with Crippen LogP contribution in [0.5, 0.6) is 0 Å². The molecule has 0 aliphatic carbocycles. The van der Waals surface area contributed by atoms with E-state index in [0.29, 0.717) is 0 Å². The predicted molar refractivity (Wildman–Crippen MR) is 69.8 cm³/mol. The molecule has 1 aliphatic rings. The normalized spacial score (nSPS) is 13.1. The molecular formula is C14H15N3. The van der Waals surface area contributed by atoms with Crippen molar-refractivity contribution in [1.29, 1.82) is 0 Å². The molecule has 0 fully saturated rings. The number of hydrazine groups is 1. The van der Waals surface area contributed by atoms with Crippen molar-refractivity contribution >= 4 is 5.70 Å². The summed E-state index contributed by atoms with van der Waals surface area (Å²) >= 11 is 0. The summed E-state index contributed by atoms with van der Waals surface area (Å²) in [4.78, 5) is 3.78. The first-order chi connectivity index (χ1) is 8.47. The van der Waals surface area contributed by atoms with Gasteiger partial charge in [0, 0.05) is 18.9 Å². The SMILES string of the molecule is C1=C(c2ccccc2)NNC1.c1ccncc1. The Morgan fingerprint density at radius 3 is 2.06 bits per heavy atom. The molecule has 17 heavy (non-hydrogen) atoms. The number of aromatic nitrogens is 1. The van der Waals surface area contributed by atoms with Gasteiger partial charge in [-0.15, -0.1) is 0 Å². The molecule has 3 nitrogen and oxygen atoms in total. The minimum Gasteiger partial charge on any atom is -0.321 e. The molecule has 2 aromatic rings. The van der Waals surface area contributed by atoms with Crippen LogP contribution in [0.2, 0.25) is 0 Å². The van der Waals surface area contributed by atoms with Crippen LogP contribution in [0.4, 0.5) is 0 Å². The molecule has 0 saturated carbocycles. The molecule has 2 N–H and O–H groups in total. The number of nitrogens with zero attached hydrogens (tertiary/aromatic N) is 1. The minimum absolute atomic E-state index is 0.907. The zero-order chi connectivity index (χ0) is 11.8. The smallest absolute Gasteiger partial charge is 0.0533 e. The summed E-state index contributed by atoms with van der Waals surface area (Å²) in [6.07, 6.45) is 5.63. The van der Waals surface area contributed by atoms with Gasteiger partial charge < -0.3 is 5.43 Å². The highest BCUT2D eigenvalue weighted by molar-refractivity contribution is 5.64. The summed E-state index contributed by atoms with van der Waals surface area (Å²) in [5, 5.41) is 0. The number of pyridine rings is 1. The van der Waals surface area contributed by atoms with Crippen LogP contribution < -0.4 is 10.9 Å². The zero-order valence-electron chi connectivity index (χ0n) is 9.51. The molecular weight excluding hydrogens is 210 g/mol. The highest BCUT2D eigenvalue weighted by Crippen LogP contribution is 2.11. The van der Waals surface area contributed by atoms with Crippen molar-refractivity contribution in [3.05, 3.63) is 72.6 Å². The van der Waals surface area contributed by atoms with Gasteiger partial charge in [-0.1, -0.05) is 36.4 Å². The van der Waals surface area contributed by atoms with E-state index < -0.39 is 0 Å². The third kappa shape index (κ3) is 3.74. The first-order valence-corrected chi connectivity index (χ1v) is 5.56. The Balaban J connectivity index is 0.000000153. The van der Waals surface area contributed by atoms with Crippen molar-refractivity contribution in [2.24, 2.45) is 0 Å². The highest BCUT2D eigenvalue weighted by Gasteiger charge is 2.02. The molecule has 3 rings (SSSR count).